The van der Waals surface area contributed by atoms with E-state index in [9.17, 15) is 0 Å². The summed E-state index contributed by atoms with van der Waals surface area (Å²) >= 11 is 5.95. The molecule has 0 aromatic carbocycles. The molecule has 2 N–H and O–H groups in total. The van der Waals surface area contributed by atoms with Gasteiger partial charge < -0.3 is 15.1 Å². The first-order chi connectivity index (χ1) is 8.74. The standard InChI is InChI=1S/C13H14ClN3O/c14-12-6-5-11(15)13(16-12)17(9-3-4-9)8-10-2-1-7-18-10/h1-2,5-7,9H,3-4,8,15H2. The number of hydrogen-bond donors (Lipinski definition) is 1. The zero-order chi connectivity index (χ0) is 12.5. The van der Waals surface area contributed by atoms with Gasteiger partial charge in [-0.25, -0.2) is 4.98 Å². The summed E-state index contributed by atoms with van der Waals surface area (Å²) in [5, 5.41) is 0.462. The lowest BCUT2D eigenvalue weighted by Gasteiger charge is -2.23. The predicted molar refractivity (Wildman–Crippen MR) is 71.6 cm³/mol. The second-order valence-corrected chi connectivity index (χ2v) is 4.87. The van der Waals surface area contributed by atoms with E-state index in [0.717, 1.165) is 24.4 Å². The molecule has 2 heterocycles. The van der Waals surface area contributed by atoms with Crippen LogP contribution in [0, 0.1) is 0 Å². The number of anilines is 2. The number of nitrogens with zero attached hydrogens (tertiary/aromatic N) is 2. The molecular formula is C13H14ClN3O. The van der Waals surface area contributed by atoms with E-state index in [1.807, 2.05) is 12.1 Å². The van der Waals surface area contributed by atoms with Crippen LogP contribution >= 0.6 is 11.6 Å². The molecule has 1 aliphatic rings. The Morgan fingerprint density at radius 2 is 2.22 bits per heavy atom. The summed E-state index contributed by atoms with van der Waals surface area (Å²) in [5.74, 6) is 1.66. The normalized spacial score (nSPS) is 14.7. The topological polar surface area (TPSA) is 55.3 Å². The molecule has 0 spiro atoms. The lowest BCUT2D eigenvalue weighted by atomic mass is 10.3. The highest BCUT2D eigenvalue weighted by Crippen LogP contribution is 2.35. The van der Waals surface area contributed by atoms with Crippen molar-refractivity contribution in [2.45, 2.75) is 25.4 Å². The van der Waals surface area contributed by atoms with Crippen LogP contribution < -0.4 is 10.6 Å². The van der Waals surface area contributed by atoms with E-state index in [-0.39, 0.29) is 0 Å². The van der Waals surface area contributed by atoms with E-state index in [4.69, 9.17) is 21.8 Å². The van der Waals surface area contributed by atoms with E-state index >= 15 is 0 Å². The number of nitrogen functional groups attached to an aromatic ring is 1. The van der Waals surface area contributed by atoms with Gasteiger partial charge >= 0.3 is 0 Å². The lowest BCUT2D eigenvalue weighted by Crippen LogP contribution is -2.26. The van der Waals surface area contributed by atoms with Gasteiger partial charge in [0.05, 0.1) is 18.5 Å². The van der Waals surface area contributed by atoms with E-state index < -0.39 is 0 Å². The fourth-order valence-electron chi connectivity index (χ4n) is 2.00. The van der Waals surface area contributed by atoms with Gasteiger partial charge in [0, 0.05) is 6.04 Å². The molecule has 3 rings (SSSR count). The van der Waals surface area contributed by atoms with E-state index in [1.165, 1.54) is 0 Å². The minimum Gasteiger partial charge on any atom is -0.467 e. The molecular weight excluding hydrogens is 250 g/mol. The van der Waals surface area contributed by atoms with E-state index in [1.54, 1.807) is 18.4 Å². The smallest absolute Gasteiger partial charge is 0.154 e. The predicted octanol–water partition coefficient (Wildman–Crippen LogP) is 3.08. The third kappa shape index (κ3) is 2.29. The van der Waals surface area contributed by atoms with Crippen LogP contribution in [0.2, 0.25) is 5.15 Å². The van der Waals surface area contributed by atoms with E-state index in [0.29, 0.717) is 23.4 Å². The van der Waals surface area contributed by atoms with Gasteiger partial charge in [0.25, 0.3) is 0 Å². The highest BCUT2D eigenvalue weighted by atomic mass is 35.5. The molecule has 2 aromatic rings. The fourth-order valence-corrected chi connectivity index (χ4v) is 2.14. The average Bonchev–Trinajstić information content (AvgIpc) is 3.07. The van der Waals surface area contributed by atoms with Crippen LogP contribution in [0.4, 0.5) is 11.5 Å². The van der Waals surface area contributed by atoms with Gasteiger partial charge in [-0.2, -0.15) is 0 Å². The summed E-state index contributed by atoms with van der Waals surface area (Å²) in [5.41, 5.74) is 6.64. The van der Waals surface area contributed by atoms with Crippen molar-refractivity contribution in [3.05, 3.63) is 41.4 Å². The molecule has 4 nitrogen and oxygen atoms in total. The molecule has 0 saturated heterocycles. The van der Waals surface area contributed by atoms with Crippen molar-refractivity contribution in [3.63, 3.8) is 0 Å². The van der Waals surface area contributed by atoms with Gasteiger partial charge in [-0.1, -0.05) is 11.6 Å². The minimum absolute atomic E-state index is 0.462. The Morgan fingerprint density at radius 1 is 1.39 bits per heavy atom. The summed E-state index contributed by atoms with van der Waals surface area (Å²) in [6.07, 6.45) is 4.00. The van der Waals surface area contributed by atoms with Crippen LogP contribution in [-0.2, 0) is 6.54 Å². The number of pyridine rings is 1. The van der Waals surface area contributed by atoms with Gasteiger partial charge in [-0.15, -0.1) is 0 Å². The van der Waals surface area contributed by atoms with Crippen molar-refractivity contribution in [1.82, 2.24) is 4.98 Å². The Bertz CT molecular complexity index is 537. The summed E-state index contributed by atoms with van der Waals surface area (Å²) in [7, 11) is 0. The Labute approximate surface area is 110 Å². The molecule has 1 fully saturated rings. The molecule has 18 heavy (non-hydrogen) atoms. The quantitative estimate of drug-likeness (QED) is 0.862. The molecule has 1 saturated carbocycles. The SMILES string of the molecule is Nc1ccc(Cl)nc1N(Cc1ccco1)C1CC1. The molecule has 0 amide bonds. The Kier molecular flexibility index (Phi) is 2.88. The monoisotopic (exact) mass is 263 g/mol. The number of halogens is 1. The second-order valence-electron chi connectivity index (χ2n) is 4.49. The van der Waals surface area contributed by atoms with Crippen LogP contribution in [0.25, 0.3) is 0 Å². The number of nitrogens with two attached hydrogens (primary N) is 1. The highest BCUT2D eigenvalue weighted by molar-refractivity contribution is 6.29. The van der Waals surface area contributed by atoms with Crippen molar-refractivity contribution in [3.8, 4) is 0 Å². The first-order valence-corrected chi connectivity index (χ1v) is 6.33. The minimum atomic E-state index is 0.462. The van der Waals surface area contributed by atoms with Crippen LogP contribution in [-0.4, -0.2) is 11.0 Å². The van der Waals surface area contributed by atoms with Crippen LogP contribution in [0.15, 0.2) is 34.9 Å². The maximum Gasteiger partial charge on any atom is 0.154 e. The first kappa shape index (κ1) is 11.4. The maximum absolute atomic E-state index is 5.99. The first-order valence-electron chi connectivity index (χ1n) is 5.95. The third-order valence-electron chi connectivity index (χ3n) is 3.04. The van der Waals surface area contributed by atoms with Gasteiger partial charge in [-0.3, -0.25) is 0 Å². The Morgan fingerprint density at radius 3 is 2.89 bits per heavy atom. The van der Waals surface area contributed by atoms with Gasteiger partial charge in [0.15, 0.2) is 5.82 Å². The van der Waals surface area contributed by atoms with Gasteiger partial charge in [0.1, 0.15) is 10.9 Å². The van der Waals surface area contributed by atoms with Crippen LogP contribution in [0.1, 0.15) is 18.6 Å². The molecule has 94 valence electrons. The Hall–Kier alpha value is -1.68. The summed E-state index contributed by atoms with van der Waals surface area (Å²) in [6, 6.07) is 7.83. The largest absolute Gasteiger partial charge is 0.467 e. The van der Waals surface area contributed by atoms with Crippen LogP contribution in [0.5, 0.6) is 0 Å². The molecule has 0 radical (unpaired) electrons. The average molecular weight is 264 g/mol. The molecule has 0 aliphatic heterocycles. The molecule has 1 aliphatic carbocycles. The van der Waals surface area contributed by atoms with Gasteiger partial charge in [-0.05, 0) is 37.1 Å². The fraction of sp³-hybridized carbons (Fsp3) is 0.308. The zero-order valence-electron chi connectivity index (χ0n) is 9.84. The van der Waals surface area contributed by atoms with Gasteiger partial charge in [0.2, 0.25) is 0 Å². The zero-order valence-corrected chi connectivity index (χ0v) is 10.6. The number of furan rings is 1. The van der Waals surface area contributed by atoms with E-state index in [2.05, 4.69) is 9.88 Å². The van der Waals surface area contributed by atoms with Crippen molar-refractivity contribution in [1.29, 1.82) is 0 Å². The molecule has 0 atom stereocenters. The van der Waals surface area contributed by atoms with Crippen molar-refractivity contribution in [2.75, 3.05) is 10.6 Å². The number of aromatic nitrogens is 1. The summed E-state index contributed by atoms with van der Waals surface area (Å²) < 4.78 is 5.39. The molecule has 2 aromatic heterocycles. The number of rotatable bonds is 4. The maximum atomic E-state index is 5.99. The third-order valence-corrected chi connectivity index (χ3v) is 3.25. The second kappa shape index (κ2) is 4.53. The molecule has 0 bridgehead atoms. The van der Waals surface area contributed by atoms with Crippen molar-refractivity contribution in [2.24, 2.45) is 0 Å². The Balaban J connectivity index is 1.91. The van der Waals surface area contributed by atoms with Crippen molar-refractivity contribution < 1.29 is 4.42 Å². The highest BCUT2D eigenvalue weighted by Gasteiger charge is 2.31. The van der Waals surface area contributed by atoms with Crippen molar-refractivity contribution >= 4 is 23.1 Å². The molecule has 0 unspecified atom stereocenters. The summed E-state index contributed by atoms with van der Waals surface area (Å²) in [4.78, 5) is 6.51. The molecule has 5 heteroatoms. The number of hydrogen-bond acceptors (Lipinski definition) is 4. The lowest BCUT2D eigenvalue weighted by molar-refractivity contribution is 0.500. The van der Waals surface area contributed by atoms with Crippen LogP contribution in [0.3, 0.4) is 0 Å². The summed E-state index contributed by atoms with van der Waals surface area (Å²) in [6.45, 7) is 0.676.